The van der Waals surface area contributed by atoms with Gasteiger partial charge >= 0.3 is 6.03 Å². The Labute approximate surface area is 174 Å². The van der Waals surface area contributed by atoms with Crippen molar-refractivity contribution in [2.45, 2.75) is 17.6 Å². The Kier molecular flexibility index (Phi) is 6.12. The van der Waals surface area contributed by atoms with Gasteiger partial charge in [0.15, 0.2) is 6.17 Å². The van der Waals surface area contributed by atoms with Gasteiger partial charge in [0, 0.05) is 17.0 Å². The first-order valence-corrected chi connectivity index (χ1v) is 10.2. The van der Waals surface area contributed by atoms with Gasteiger partial charge in [0.25, 0.3) is 0 Å². The third-order valence-corrected chi connectivity index (χ3v) is 5.26. The minimum Gasteiger partial charge on any atom is -0.473 e. The Morgan fingerprint density at radius 2 is 1.59 bits per heavy atom. The average Bonchev–Trinajstić information content (AvgIpc) is 3.28. The molecule has 1 unspecified atom stereocenters. The van der Waals surface area contributed by atoms with Crippen LogP contribution in [-0.2, 0) is 11.3 Å². The van der Waals surface area contributed by atoms with Crippen molar-refractivity contribution >= 4 is 23.9 Å². The van der Waals surface area contributed by atoms with Gasteiger partial charge in [-0.25, -0.2) is 9.79 Å². The van der Waals surface area contributed by atoms with Gasteiger partial charge in [-0.15, -0.1) is 0 Å². The lowest BCUT2D eigenvalue weighted by Gasteiger charge is -2.26. The molecule has 0 aromatic heterocycles. The van der Waals surface area contributed by atoms with E-state index in [1.807, 2.05) is 91.0 Å². The second-order valence-electron chi connectivity index (χ2n) is 6.53. The van der Waals surface area contributed by atoms with Gasteiger partial charge in [-0.2, -0.15) is 0 Å². The van der Waals surface area contributed by atoms with Crippen LogP contribution < -0.4 is 4.72 Å². The SMILES string of the molecule is O=C(NSc1ccccc1)N(Cc1ccccc1)C1COC(c2ccccc2)=N1. The Bertz CT molecular complexity index is 965. The quantitative estimate of drug-likeness (QED) is 0.607. The van der Waals surface area contributed by atoms with Crippen LogP contribution in [0.5, 0.6) is 0 Å². The molecule has 29 heavy (non-hydrogen) atoms. The molecule has 1 N–H and O–H groups in total. The van der Waals surface area contributed by atoms with Crippen LogP contribution in [0.1, 0.15) is 11.1 Å². The Hall–Kier alpha value is -3.25. The van der Waals surface area contributed by atoms with Gasteiger partial charge in [-0.3, -0.25) is 9.62 Å². The molecule has 0 saturated heterocycles. The van der Waals surface area contributed by atoms with E-state index in [0.29, 0.717) is 19.0 Å². The molecule has 6 heteroatoms. The fourth-order valence-electron chi connectivity index (χ4n) is 3.00. The van der Waals surface area contributed by atoms with Gasteiger partial charge in [0.05, 0.1) is 0 Å². The molecule has 1 atom stereocenters. The lowest BCUT2D eigenvalue weighted by molar-refractivity contribution is 0.159. The zero-order chi connectivity index (χ0) is 19.9. The predicted octanol–water partition coefficient (Wildman–Crippen LogP) is 4.71. The van der Waals surface area contributed by atoms with Crippen molar-refractivity contribution in [2.24, 2.45) is 4.99 Å². The fraction of sp³-hybridized carbons (Fsp3) is 0.130. The smallest absolute Gasteiger partial charge is 0.329 e. The number of benzene rings is 3. The van der Waals surface area contributed by atoms with E-state index >= 15 is 0 Å². The molecule has 1 aliphatic rings. The molecule has 4 rings (SSSR count). The molecule has 3 aromatic rings. The van der Waals surface area contributed by atoms with E-state index in [-0.39, 0.29) is 12.2 Å². The highest BCUT2D eigenvalue weighted by molar-refractivity contribution is 7.98. The molecule has 5 nitrogen and oxygen atoms in total. The summed E-state index contributed by atoms with van der Waals surface area (Å²) in [6, 6.07) is 29.2. The molecule has 0 saturated carbocycles. The highest BCUT2D eigenvalue weighted by Gasteiger charge is 2.29. The topological polar surface area (TPSA) is 53.9 Å². The molecule has 0 spiro atoms. The van der Waals surface area contributed by atoms with E-state index < -0.39 is 0 Å². The number of nitrogens with zero attached hydrogens (tertiary/aromatic N) is 2. The maximum atomic E-state index is 13.0. The van der Waals surface area contributed by atoms with Crippen molar-refractivity contribution in [3.63, 3.8) is 0 Å². The third kappa shape index (κ3) is 4.97. The first-order chi connectivity index (χ1) is 14.3. The summed E-state index contributed by atoms with van der Waals surface area (Å²) < 4.78 is 8.73. The summed E-state index contributed by atoms with van der Waals surface area (Å²) in [5.74, 6) is 0.567. The first-order valence-electron chi connectivity index (χ1n) is 9.38. The van der Waals surface area contributed by atoms with Crippen LogP contribution in [0.3, 0.4) is 0 Å². The number of hydrogen-bond donors (Lipinski definition) is 1. The van der Waals surface area contributed by atoms with Crippen LogP contribution >= 0.6 is 11.9 Å². The molecule has 0 bridgehead atoms. The lowest BCUT2D eigenvalue weighted by Crippen LogP contribution is -2.43. The van der Waals surface area contributed by atoms with E-state index in [1.165, 1.54) is 11.9 Å². The molecular weight excluding hydrogens is 382 g/mol. The number of amides is 2. The Balaban J connectivity index is 1.52. The summed E-state index contributed by atoms with van der Waals surface area (Å²) in [4.78, 5) is 20.4. The van der Waals surface area contributed by atoms with Gasteiger partial charge in [0.1, 0.15) is 6.61 Å². The van der Waals surface area contributed by atoms with Gasteiger partial charge in [-0.1, -0.05) is 66.7 Å². The number of carbonyl (C=O) groups is 1. The summed E-state index contributed by atoms with van der Waals surface area (Å²) in [5, 5.41) is 0. The number of rotatable bonds is 6. The summed E-state index contributed by atoms with van der Waals surface area (Å²) in [5.41, 5.74) is 1.95. The van der Waals surface area contributed by atoms with Crippen molar-refractivity contribution < 1.29 is 9.53 Å². The van der Waals surface area contributed by atoms with Crippen LogP contribution in [0.15, 0.2) is 101 Å². The van der Waals surface area contributed by atoms with Crippen LogP contribution in [0.2, 0.25) is 0 Å². The van der Waals surface area contributed by atoms with Gasteiger partial charge in [-0.05, 0) is 41.8 Å². The molecule has 1 aliphatic heterocycles. The predicted molar refractivity (Wildman–Crippen MR) is 116 cm³/mol. The average molecular weight is 404 g/mol. The molecule has 0 aliphatic carbocycles. The summed E-state index contributed by atoms with van der Waals surface area (Å²) in [6.07, 6.45) is -0.387. The molecular formula is C23H21N3O2S. The molecule has 3 aromatic carbocycles. The minimum absolute atomic E-state index is 0.200. The van der Waals surface area contributed by atoms with Crippen molar-refractivity contribution in [1.29, 1.82) is 0 Å². The summed E-state index contributed by atoms with van der Waals surface area (Å²) in [6.45, 7) is 0.780. The van der Waals surface area contributed by atoms with Crippen molar-refractivity contribution in [3.05, 3.63) is 102 Å². The Morgan fingerprint density at radius 3 is 2.28 bits per heavy atom. The maximum absolute atomic E-state index is 13.0. The number of nitrogens with one attached hydrogen (secondary N) is 1. The highest BCUT2D eigenvalue weighted by atomic mass is 32.2. The van der Waals surface area contributed by atoms with E-state index in [4.69, 9.17) is 4.74 Å². The second-order valence-corrected chi connectivity index (χ2v) is 7.41. The first kappa shape index (κ1) is 19.1. The van der Waals surface area contributed by atoms with Gasteiger partial charge in [0.2, 0.25) is 5.90 Å². The van der Waals surface area contributed by atoms with E-state index in [9.17, 15) is 4.79 Å². The number of hydrogen-bond acceptors (Lipinski definition) is 4. The standard InChI is InChI=1S/C23H21N3O2S/c27-23(25-29-20-14-8-3-9-15-20)26(16-18-10-4-1-5-11-18)21-17-28-22(24-21)19-12-6-2-7-13-19/h1-15,21H,16-17H2,(H,25,27). The zero-order valence-electron chi connectivity index (χ0n) is 15.8. The number of aliphatic imine (C=N–C) groups is 1. The monoisotopic (exact) mass is 403 g/mol. The van der Waals surface area contributed by atoms with Crippen molar-refractivity contribution in [1.82, 2.24) is 9.62 Å². The van der Waals surface area contributed by atoms with E-state index in [1.54, 1.807) is 4.90 Å². The Morgan fingerprint density at radius 1 is 0.966 bits per heavy atom. The second kappa shape index (κ2) is 9.30. The molecule has 0 fully saturated rings. The normalized spacial score (nSPS) is 15.3. The van der Waals surface area contributed by atoms with E-state index in [2.05, 4.69) is 9.71 Å². The van der Waals surface area contributed by atoms with Crippen LogP contribution in [0.25, 0.3) is 0 Å². The minimum atomic E-state index is -0.387. The highest BCUT2D eigenvalue weighted by Crippen LogP contribution is 2.20. The maximum Gasteiger partial charge on any atom is 0.329 e. The number of urea groups is 1. The third-order valence-electron chi connectivity index (χ3n) is 4.47. The number of carbonyl (C=O) groups excluding carboxylic acids is 1. The fourth-order valence-corrected chi connectivity index (χ4v) is 3.62. The summed E-state index contributed by atoms with van der Waals surface area (Å²) in [7, 11) is 0. The van der Waals surface area contributed by atoms with Crippen molar-refractivity contribution in [3.8, 4) is 0 Å². The van der Waals surface area contributed by atoms with E-state index in [0.717, 1.165) is 16.0 Å². The van der Waals surface area contributed by atoms with Crippen LogP contribution in [-0.4, -0.2) is 29.6 Å². The summed E-state index contributed by atoms with van der Waals surface area (Å²) >= 11 is 1.29. The molecule has 146 valence electrons. The largest absolute Gasteiger partial charge is 0.473 e. The molecule has 1 heterocycles. The molecule has 2 amide bonds. The number of ether oxygens (including phenoxy) is 1. The van der Waals surface area contributed by atoms with Gasteiger partial charge < -0.3 is 4.74 Å². The zero-order valence-corrected chi connectivity index (χ0v) is 16.6. The van der Waals surface area contributed by atoms with Crippen LogP contribution in [0.4, 0.5) is 4.79 Å². The van der Waals surface area contributed by atoms with Crippen LogP contribution in [0, 0.1) is 0 Å². The van der Waals surface area contributed by atoms with Crippen molar-refractivity contribution in [2.75, 3.05) is 6.61 Å². The molecule has 0 radical (unpaired) electrons. The lowest BCUT2D eigenvalue weighted by atomic mass is 10.2.